The molecule has 4 N–H and O–H groups in total. The third-order valence-electron chi connectivity index (χ3n) is 0. The summed E-state index contributed by atoms with van der Waals surface area (Å²) in [6, 6.07) is 0. The van der Waals surface area contributed by atoms with Crippen LogP contribution < -0.4 is 11.6 Å². The van der Waals surface area contributed by atoms with Crippen LogP contribution in [-0.2, 0) is 4.79 Å². The van der Waals surface area contributed by atoms with Crippen LogP contribution in [0, 0.1) is 0 Å². The van der Waals surface area contributed by atoms with Crippen molar-refractivity contribution in [1.82, 2.24) is 5.01 Å². The van der Waals surface area contributed by atoms with Gasteiger partial charge in [0.2, 0.25) is 6.41 Å². The van der Waals surface area contributed by atoms with E-state index in [1.165, 1.54) is 5.01 Å². The van der Waals surface area contributed by atoms with Gasteiger partial charge in [-0.05, 0) is 0 Å². The molecule has 0 aliphatic rings. The molecule has 0 rings (SSSR count). The topological polar surface area (TPSA) is 72.3 Å². The molecule has 1 amide bonds. The van der Waals surface area contributed by atoms with Crippen molar-refractivity contribution in [2.75, 3.05) is 14.1 Å². The van der Waals surface area contributed by atoms with Crippen LogP contribution in [0.5, 0.6) is 0 Å². The van der Waals surface area contributed by atoms with E-state index in [4.69, 9.17) is 10.6 Å². The average molecular weight is 105 g/mol. The van der Waals surface area contributed by atoms with Crippen molar-refractivity contribution in [3.05, 3.63) is 0 Å². The lowest BCUT2D eigenvalue weighted by molar-refractivity contribution is -0.106. The molecule has 0 fully saturated rings. The maximum Gasteiger partial charge on any atom is 0.204 e. The number of rotatable bonds is 0. The van der Waals surface area contributed by atoms with E-state index in [9.17, 15) is 0 Å². The van der Waals surface area contributed by atoms with Gasteiger partial charge in [-0.2, -0.15) is 0 Å². The van der Waals surface area contributed by atoms with E-state index in [0.717, 1.165) is 0 Å². The molecule has 7 heavy (non-hydrogen) atoms. The molecule has 0 aromatic rings. The van der Waals surface area contributed by atoms with Crippen LogP contribution in [0.3, 0.4) is 0 Å². The zero-order valence-electron chi connectivity index (χ0n) is 4.59. The summed E-state index contributed by atoms with van der Waals surface area (Å²) in [5.41, 5.74) is 4.17. The largest absolute Gasteiger partial charge is 0.372 e. The standard InChI is InChI=1S/C2H8N2.CH3NO/c1-4(2)3;2-1-3/h3H2,1-2H3;1H,(H2,2,3). The number of hydrogen-bond acceptors (Lipinski definition) is 3. The van der Waals surface area contributed by atoms with E-state index in [-0.39, 0.29) is 6.41 Å². The lowest BCUT2D eigenvalue weighted by atomic mass is 11.2. The lowest BCUT2D eigenvalue weighted by Crippen LogP contribution is -2.18. The molecule has 0 aliphatic carbocycles. The Kier molecular flexibility index (Phi) is 12.4. The summed E-state index contributed by atoms with van der Waals surface area (Å²) >= 11 is 0. The third-order valence-corrected chi connectivity index (χ3v) is 0. The first-order chi connectivity index (χ1) is 3.15. The van der Waals surface area contributed by atoms with Gasteiger partial charge in [-0.1, -0.05) is 0 Å². The van der Waals surface area contributed by atoms with Gasteiger partial charge in [0.05, 0.1) is 0 Å². The zero-order chi connectivity index (χ0) is 6.28. The van der Waals surface area contributed by atoms with Crippen molar-refractivity contribution >= 4 is 6.41 Å². The normalized spacial score (nSPS) is 6.86. The highest BCUT2D eigenvalue weighted by atomic mass is 16.1. The minimum absolute atomic E-state index is 0.250. The van der Waals surface area contributed by atoms with Crippen molar-refractivity contribution in [2.45, 2.75) is 0 Å². The van der Waals surface area contributed by atoms with Gasteiger partial charge in [-0.25, -0.2) is 0 Å². The Balaban J connectivity index is 0. The highest BCUT2D eigenvalue weighted by Crippen LogP contribution is 1.37. The first-order valence-corrected chi connectivity index (χ1v) is 1.72. The average Bonchev–Trinajstić information content (AvgIpc) is 1.33. The van der Waals surface area contributed by atoms with Gasteiger partial charge in [-0.15, -0.1) is 0 Å². The zero-order valence-corrected chi connectivity index (χ0v) is 4.59. The Morgan fingerprint density at radius 2 is 1.57 bits per heavy atom. The molecule has 4 nitrogen and oxygen atoms in total. The van der Waals surface area contributed by atoms with E-state index in [1.54, 1.807) is 14.1 Å². The van der Waals surface area contributed by atoms with Crippen LogP contribution in [0.4, 0.5) is 0 Å². The molecule has 0 aromatic carbocycles. The van der Waals surface area contributed by atoms with Crippen molar-refractivity contribution in [3.63, 3.8) is 0 Å². The van der Waals surface area contributed by atoms with Gasteiger partial charge in [0.1, 0.15) is 0 Å². The quantitative estimate of drug-likeness (QED) is 0.224. The number of nitrogens with zero attached hydrogens (tertiary/aromatic N) is 1. The molecule has 0 saturated carbocycles. The number of amides is 1. The summed E-state index contributed by atoms with van der Waals surface area (Å²) < 4.78 is 0. The SMILES string of the molecule is CN(C)N.NC=O. The number of primary amides is 1. The van der Waals surface area contributed by atoms with Crippen LogP contribution in [0.15, 0.2) is 0 Å². The van der Waals surface area contributed by atoms with Crippen LogP contribution in [0.1, 0.15) is 0 Å². The molecule has 0 heterocycles. The smallest absolute Gasteiger partial charge is 0.204 e. The fraction of sp³-hybridized carbons (Fsp3) is 0.667. The summed E-state index contributed by atoms with van der Waals surface area (Å²) in [4.78, 5) is 8.58. The number of carbonyl (C=O) groups is 1. The van der Waals surface area contributed by atoms with Gasteiger partial charge < -0.3 is 5.73 Å². The van der Waals surface area contributed by atoms with Crippen LogP contribution in [0.2, 0.25) is 0 Å². The molecule has 0 aliphatic heterocycles. The molecule has 0 aromatic heterocycles. The van der Waals surface area contributed by atoms with Gasteiger partial charge in [0, 0.05) is 14.1 Å². The summed E-state index contributed by atoms with van der Waals surface area (Å²) in [7, 11) is 3.56. The van der Waals surface area contributed by atoms with E-state index >= 15 is 0 Å². The molecule has 0 spiro atoms. The second-order valence-electron chi connectivity index (χ2n) is 1.10. The number of hydrogen-bond donors (Lipinski definition) is 2. The molecule has 44 valence electrons. The first kappa shape index (κ1) is 9.63. The number of hydrazine groups is 1. The lowest BCUT2D eigenvalue weighted by Gasteiger charge is -1.91. The van der Waals surface area contributed by atoms with Crippen molar-refractivity contribution in [3.8, 4) is 0 Å². The van der Waals surface area contributed by atoms with Crippen molar-refractivity contribution in [2.24, 2.45) is 11.6 Å². The Hall–Kier alpha value is -0.610. The number of carbonyl (C=O) groups excluding carboxylic acids is 1. The molecule has 0 atom stereocenters. The van der Waals surface area contributed by atoms with E-state index in [0.29, 0.717) is 0 Å². The van der Waals surface area contributed by atoms with Crippen molar-refractivity contribution in [1.29, 1.82) is 0 Å². The Labute approximate surface area is 43.0 Å². The summed E-state index contributed by atoms with van der Waals surface area (Å²) in [5, 5.41) is 1.50. The first-order valence-electron chi connectivity index (χ1n) is 1.72. The van der Waals surface area contributed by atoms with Gasteiger partial charge in [-0.3, -0.25) is 15.6 Å². The van der Waals surface area contributed by atoms with Crippen LogP contribution in [0.25, 0.3) is 0 Å². The van der Waals surface area contributed by atoms with E-state index < -0.39 is 0 Å². The Morgan fingerprint density at radius 3 is 1.57 bits per heavy atom. The monoisotopic (exact) mass is 105 g/mol. The molecular weight excluding hydrogens is 94.1 g/mol. The van der Waals surface area contributed by atoms with Gasteiger partial charge in [0.15, 0.2) is 0 Å². The third kappa shape index (κ3) is 166. The predicted octanol–water partition coefficient (Wildman–Crippen LogP) is -1.48. The van der Waals surface area contributed by atoms with Crippen LogP contribution >= 0.6 is 0 Å². The Bertz CT molecular complexity index is 34.4. The second-order valence-corrected chi connectivity index (χ2v) is 1.10. The molecule has 4 heteroatoms. The number of nitrogens with two attached hydrogens (primary N) is 2. The molecule has 0 radical (unpaired) electrons. The summed E-state index contributed by atoms with van der Waals surface area (Å²) in [5.74, 6) is 4.94. The molecule has 0 bridgehead atoms. The molecule has 0 saturated heterocycles. The summed E-state index contributed by atoms with van der Waals surface area (Å²) in [6.45, 7) is 0. The molecular formula is C3H11N3O. The summed E-state index contributed by atoms with van der Waals surface area (Å²) in [6.07, 6.45) is 0.250. The van der Waals surface area contributed by atoms with E-state index in [1.807, 2.05) is 0 Å². The minimum atomic E-state index is 0.250. The van der Waals surface area contributed by atoms with E-state index in [2.05, 4.69) is 5.73 Å². The highest BCUT2D eigenvalue weighted by Gasteiger charge is 1.57. The van der Waals surface area contributed by atoms with Gasteiger partial charge >= 0.3 is 0 Å². The predicted molar refractivity (Wildman–Crippen MR) is 28.1 cm³/mol. The van der Waals surface area contributed by atoms with Gasteiger partial charge in [0.25, 0.3) is 0 Å². The maximum absolute atomic E-state index is 8.58. The fourth-order valence-corrected chi connectivity index (χ4v) is 0. The fourth-order valence-electron chi connectivity index (χ4n) is 0. The van der Waals surface area contributed by atoms with Crippen molar-refractivity contribution < 1.29 is 4.79 Å². The second kappa shape index (κ2) is 9.04. The highest BCUT2D eigenvalue weighted by molar-refractivity contribution is 5.42. The minimum Gasteiger partial charge on any atom is -0.372 e. The van der Waals surface area contributed by atoms with Crippen LogP contribution in [-0.4, -0.2) is 25.5 Å². The Morgan fingerprint density at radius 1 is 1.57 bits per heavy atom. The molecule has 0 unspecified atom stereocenters. The maximum atomic E-state index is 8.58.